The monoisotopic (exact) mass is 223 g/mol. The van der Waals surface area contributed by atoms with Gasteiger partial charge >= 0.3 is 0 Å². The van der Waals surface area contributed by atoms with Gasteiger partial charge in [-0.05, 0) is 66.7 Å². The standard InChI is InChI=1S/C15H27O/c1-6-14(4)10-8-12-15(5,16)11-7-9-13(2)3/h6,9,16H,1,7-8,10-12H2,2-5H3/t15-/m1/s1. The van der Waals surface area contributed by atoms with E-state index in [-0.39, 0.29) is 0 Å². The molecule has 0 fully saturated rings. The molecule has 1 N–H and O–H groups in total. The summed E-state index contributed by atoms with van der Waals surface area (Å²) in [6, 6.07) is 0. The Labute approximate surface area is 101 Å². The summed E-state index contributed by atoms with van der Waals surface area (Å²) in [4.78, 5) is 0. The summed E-state index contributed by atoms with van der Waals surface area (Å²) < 4.78 is 0. The molecule has 0 aromatic rings. The first kappa shape index (κ1) is 15.4. The predicted octanol–water partition coefficient (Wildman–Crippen LogP) is 4.43. The molecule has 0 aliphatic carbocycles. The van der Waals surface area contributed by atoms with Crippen LogP contribution in [0.3, 0.4) is 0 Å². The van der Waals surface area contributed by atoms with Crippen molar-refractivity contribution in [3.8, 4) is 0 Å². The first-order valence-corrected chi connectivity index (χ1v) is 6.18. The van der Waals surface area contributed by atoms with E-state index in [2.05, 4.69) is 33.8 Å². The molecule has 0 saturated carbocycles. The highest BCUT2D eigenvalue weighted by molar-refractivity contribution is 4.99. The number of hydrogen-bond acceptors (Lipinski definition) is 1. The van der Waals surface area contributed by atoms with Crippen molar-refractivity contribution in [3.05, 3.63) is 30.2 Å². The molecule has 93 valence electrons. The molecule has 1 heteroatoms. The smallest absolute Gasteiger partial charge is 0.0622 e. The van der Waals surface area contributed by atoms with Crippen LogP contribution in [0.1, 0.15) is 59.8 Å². The first-order valence-electron chi connectivity index (χ1n) is 6.18. The Morgan fingerprint density at radius 1 is 1.25 bits per heavy atom. The van der Waals surface area contributed by atoms with Crippen LogP contribution in [0.15, 0.2) is 23.3 Å². The Balaban J connectivity index is 3.82. The third-order valence-electron chi connectivity index (χ3n) is 2.87. The second-order valence-electron chi connectivity index (χ2n) is 5.22. The van der Waals surface area contributed by atoms with Gasteiger partial charge in [-0.3, -0.25) is 0 Å². The zero-order valence-electron chi connectivity index (χ0n) is 11.3. The summed E-state index contributed by atoms with van der Waals surface area (Å²) in [5.41, 5.74) is 2.11. The van der Waals surface area contributed by atoms with Crippen molar-refractivity contribution in [1.82, 2.24) is 0 Å². The minimum Gasteiger partial charge on any atom is -0.390 e. The highest BCUT2D eigenvalue weighted by Crippen LogP contribution is 2.21. The molecule has 0 aromatic heterocycles. The van der Waals surface area contributed by atoms with Gasteiger partial charge in [-0.1, -0.05) is 23.3 Å². The van der Waals surface area contributed by atoms with Crippen molar-refractivity contribution in [2.24, 2.45) is 0 Å². The molecule has 0 heterocycles. The fourth-order valence-electron chi connectivity index (χ4n) is 1.65. The summed E-state index contributed by atoms with van der Waals surface area (Å²) in [6.45, 7) is 12.0. The topological polar surface area (TPSA) is 20.2 Å². The van der Waals surface area contributed by atoms with Crippen LogP contribution in [0.5, 0.6) is 0 Å². The van der Waals surface area contributed by atoms with Crippen LogP contribution < -0.4 is 0 Å². The number of allylic oxidation sites excluding steroid dienone is 4. The molecule has 0 aromatic carbocycles. The van der Waals surface area contributed by atoms with Crippen molar-refractivity contribution in [2.45, 2.75) is 65.4 Å². The highest BCUT2D eigenvalue weighted by atomic mass is 16.3. The number of rotatable bonds is 7. The van der Waals surface area contributed by atoms with Gasteiger partial charge in [-0.2, -0.15) is 0 Å². The van der Waals surface area contributed by atoms with E-state index < -0.39 is 5.60 Å². The Bertz CT molecular complexity index is 242. The molecular weight excluding hydrogens is 196 g/mol. The molecule has 1 atom stereocenters. The zero-order chi connectivity index (χ0) is 12.6. The Morgan fingerprint density at radius 3 is 2.38 bits per heavy atom. The lowest BCUT2D eigenvalue weighted by molar-refractivity contribution is 0.0410. The molecule has 0 saturated heterocycles. The second-order valence-corrected chi connectivity index (χ2v) is 5.22. The third kappa shape index (κ3) is 8.72. The number of hydrogen-bond donors (Lipinski definition) is 1. The third-order valence-corrected chi connectivity index (χ3v) is 2.87. The normalized spacial score (nSPS) is 15.8. The summed E-state index contributed by atoms with van der Waals surface area (Å²) >= 11 is 0. The van der Waals surface area contributed by atoms with Crippen molar-refractivity contribution in [1.29, 1.82) is 0 Å². The fourth-order valence-corrected chi connectivity index (χ4v) is 1.65. The van der Waals surface area contributed by atoms with E-state index >= 15 is 0 Å². The maximum Gasteiger partial charge on any atom is 0.0622 e. The molecule has 0 rings (SSSR count). The average molecular weight is 223 g/mol. The molecule has 0 aliphatic rings. The van der Waals surface area contributed by atoms with Crippen LogP contribution in [-0.2, 0) is 0 Å². The maximum atomic E-state index is 10.1. The Morgan fingerprint density at radius 2 is 1.88 bits per heavy atom. The largest absolute Gasteiger partial charge is 0.390 e. The first-order chi connectivity index (χ1) is 7.37. The van der Waals surface area contributed by atoms with Gasteiger partial charge in [0.25, 0.3) is 0 Å². The minimum absolute atomic E-state index is 0.520. The summed E-state index contributed by atoms with van der Waals surface area (Å²) in [7, 11) is 0. The second kappa shape index (κ2) is 7.67. The van der Waals surface area contributed by atoms with Gasteiger partial charge in [0.2, 0.25) is 0 Å². The van der Waals surface area contributed by atoms with Crippen molar-refractivity contribution in [2.75, 3.05) is 0 Å². The van der Waals surface area contributed by atoms with Gasteiger partial charge in [-0.25, -0.2) is 0 Å². The van der Waals surface area contributed by atoms with E-state index in [1.165, 1.54) is 11.1 Å². The van der Waals surface area contributed by atoms with Gasteiger partial charge in [0.05, 0.1) is 5.60 Å². The van der Waals surface area contributed by atoms with Crippen molar-refractivity contribution in [3.63, 3.8) is 0 Å². The molecular formula is C15H27O. The van der Waals surface area contributed by atoms with Crippen LogP contribution in [0, 0.1) is 6.92 Å². The lowest BCUT2D eigenvalue weighted by atomic mass is 9.92. The molecule has 1 nitrogen and oxygen atoms in total. The Hall–Kier alpha value is -0.560. The van der Waals surface area contributed by atoms with E-state index in [9.17, 15) is 5.11 Å². The predicted molar refractivity (Wildman–Crippen MR) is 72.3 cm³/mol. The van der Waals surface area contributed by atoms with Crippen LogP contribution in [-0.4, -0.2) is 10.7 Å². The van der Waals surface area contributed by atoms with Crippen LogP contribution >= 0.6 is 0 Å². The van der Waals surface area contributed by atoms with Gasteiger partial charge in [0.1, 0.15) is 0 Å². The lowest BCUT2D eigenvalue weighted by Gasteiger charge is -2.22. The summed E-state index contributed by atoms with van der Waals surface area (Å²) in [5, 5.41) is 10.1. The van der Waals surface area contributed by atoms with Gasteiger partial charge in [-0.15, -0.1) is 0 Å². The van der Waals surface area contributed by atoms with Crippen LogP contribution in [0.25, 0.3) is 0 Å². The SMILES string of the molecule is [CH2]C=C(C)CCC[C@](C)(O)CCC=C(C)C. The maximum absolute atomic E-state index is 10.1. The molecule has 0 aliphatic heterocycles. The van der Waals surface area contributed by atoms with Crippen LogP contribution in [0.4, 0.5) is 0 Å². The fraction of sp³-hybridized carbons (Fsp3) is 0.667. The van der Waals surface area contributed by atoms with Gasteiger partial charge in [0.15, 0.2) is 0 Å². The quantitative estimate of drug-likeness (QED) is 0.633. The minimum atomic E-state index is -0.520. The highest BCUT2D eigenvalue weighted by Gasteiger charge is 2.18. The van der Waals surface area contributed by atoms with Gasteiger partial charge in [0, 0.05) is 0 Å². The van der Waals surface area contributed by atoms with Crippen LogP contribution in [0.2, 0.25) is 0 Å². The van der Waals surface area contributed by atoms with Crippen molar-refractivity contribution >= 4 is 0 Å². The Kier molecular flexibility index (Phi) is 7.40. The molecule has 1 radical (unpaired) electrons. The van der Waals surface area contributed by atoms with E-state index in [1.807, 2.05) is 13.0 Å². The molecule has 16 heavy (non-hydrogen) atoms. The lowest BCUT2D eigenvalue weighted by Crippen LogP contribution is -2.23. The van der Waals surface area contributed by atoms with Crippen molar-refractivity contribution < 1.29 is 5.11 Å². The molecule has 0 amide bonds. The number of aliphatic hydroxyl groups is 1. The summed E-state index contributed by atoms with van der Waals surface area (Å²) in [5.74, 6) is 0. The van der Waals surface area contributed by atoms with E-state index in [1.54, 1.807) is 0 Å². The van der Waals surface area contributed by atoms with Gasteiger partial charge < -0.3 is 5.11 Å². The molecule has 0 unspecified atom stereocenters. The molecule has 0 spiro atoms. The summed E-state index contributed by atoms with van der Waals surface area (Å²) in [6.07, 6.45) is 8.87. The van der Waals surface area contributed by atoms with E-state index in [0.29, 0.717) is 0 Å². The van der Waals surface area contributed by atoms with E-state index in [4.69, 9.17) is 0 Å². The molecule has 0 bridgehead atoms. The zero-order valence-corrected chi connectivity index (χ0v) is 11.3. The van der Waals surface area contributed by atoms with E-state index in [0.717, 1.165) is 32.1 Å². The average Bonchev–Trinajstić information content (AvgIpc) is 2.16.